The summed E-state index contributed by atoms with van der Waals surface area (Å²) < 4.78 is 12.7. The van der Waals surface area contributed by atoms with E-state index in [9.17, 15) is 4.79 Å². The molecule has 168 valence electrons. The van der Waals surface area contributed by atoms with Crippen molar-refractivity contribution < 1.29 is 14.1 Å². The van der Waals surface area contributed by atoms with Crippen LogP contribution in [-0.4, -0.2) is 61.4 Å². The maximum Gasteiger partial charge on any atom is 0.233 e. The molecular formula is C22H22N8O3. The van der Waals surface area contributed by atoms with Crippen LogP contribution in [0.25, 0.3) is 22.8 Å². The van der Waals surface area contributed by atoms with Crippen LogP contribution in [0.1, 0.15) is 18.1 Å². The van der Waals surface area contributed by atoms with Crippen molar-refractivity contribution in [3.05, 3.63) is 48.5 Å². The summed E-state index contributed by atoms with van der Waals surface area (Å²) in [5, 5.41) is 11.5. The van der Waals surface area contributed by atoms with Gasteiger partial charge in [0, 0.05) is 57.3 Å². The molecule has 4 aromatic rings. The van der Waals surface area contributed by atoms with E-state index in [2.05, 4.69) is 25.5 Å². The number of nitrogens with zero attached hydrogens (tertiary/aromatic N) is 7. The molecule has 4 aromatic heterocycles. The second kappa shape index (κ2) is 8.34. The fourth-order valence-electron chi connectivity index (χ4n) is 3.70. The molecule has 0 saturated carbocycles. The minimum Gasteiger partial charge on any atom is -0.497 e. The predicted molar refractivity (Wildman–Crippen MR) is 119 cm³/mol. The number of carbonyl (C=O) groups is 1. The van der Waals surface area contributed by atoms with Crippen LogP contribution in [0, 0.1) is 0 Å². The SMILES string of the molecule is COc1cc(-c2cc([C@@H]3CCN(C)C3=O)on2)nc(-c2ccnc(Nc3ccn(C)n3)n2)c1. The second-order valence-electron chi connectivity index (χ2n) is 7.76. The number of hydrogen-bond donors (Lipinski definition) is 1. The lowest BCUT2D eigenvalue weighted by molar-refractivity contribution is -0.128. The molecular weight excluding hydrogens is 424 g/mol. The van der Waals surface area contributed by atoms with Gasteiger partial charge in [-0.05, 0) is 12.5 Å². The molecule has 1 fully saturated rings. The fraction of sp³-hybridized carbons (Fsp3) is 0.273. The smallest absolute Gasteiger partial charge is 0.233 e. The number of carbonyl (C=O) groups excluding carboxylic acids is 1. The third-order valence-electron chi connectivity index (χ3n) is 5.47. The minimum atomic E-state index is -0.316. The Morgan fingerprint density at radius 3 is 2.61 bits per heavy atom. The van der Waals surface area contributed by atoms with Gasteiger partial charge < -0.3 is 19.5 Å². The zero-order chi connectivity index (χ0) is 22.9. The standard InChI is InChI=1S/C22H22N8O3/c1-29-8-5-14(21(29)31)19-12-18(28-33-19)17-11-13(32-3)10-16(24-17)15-4-7-23-22(25-15)26-20-6-9-30(2)27-20/h4,6-7,9-12,14H,5,8H2,1-3H3,(H,23,25,26,27)/t14-/m0/s1. The van der Waals surface area contributed by atoms with E-state index in [0.29, 0.717) is 59.0 Å². The number of likely N-dealkylation sites (N-methyl/N-ethyl adjacent to an activating group) is 1. The van der Waals surface area contributed by atoms with Gasteiger partial charge in [0.15, 0.2) is 5.82 Å². The van der Waals surface area contributed by atoms with Gasteiger partial charge in [0.2, 0.25) is 11.9 Å². The van der Waals surface area contributed by atoms with Crippen LogP contribution in [0.3, 0.4) is 0 Å². The van der Waals surface area contributed by atoms with Crippen LogP contribution in [0.4, 0.5) is 11.8 Å². The Labute approximate surface area is 189 Å². The van der Waals surface area contributed by atoms with E-state index in [1.165, 1.54) is 0 Å². The number of amides is 1. The van der Waals surface area contributed by atoms with E-state index < -0.39 is 0 Å². The molecule has 5 heterocycles. The van der Waals surface area contributed by atoms with Crippen LogP contribution in [-0.2, 0) is 11.8 Å². The number of aryl methyl sites for hydroxylation is 1. The summed E-state index contributed by atoms with van der Waals surface area (Å²) in [6.07, 6.45) is 4.17. The molecule has 1 amide bonds. The molecule has 0 aliphatic carbocycles. The summed E-state index contributed by atoms with van der Waals surface area (Å²) >= 11 is 0. The molecule has 33 heavy (non-hydrogen) atoms. The highest BCUT2D eigenvalue weighted by Crippen LogP contribution is 2.32. The number of methoxy groups -OCH3 is 1. The number of pyridine rings is 1. The van der Waals surface area contributed by atoms with E-state index in [4.69, 9.17) is 14.2 Å². The molecule has 1 aliphatic heterocycles. The van der Waals surface area contributed by atoms with Crippen molar-refractivity contribution in [3.8, 4) is 28.5 Å². The lowest BCUT2D eigenvalue weighted by atomic mass is 10.0. The van der Waals surface area contributed by atoms with Gasteiger partial charge in [-0.1, -0.05) is 5.16 Å². The molecule has 0 bridgehead atoms. The zero-order valence-electron chi connectivity index (χ0n) is 18.4. The summed E-state index contributed by atoms with van der Waals surface area (Å²) in [7, 11) is 5.20. The molecule has 1 aliphatic rings. The quantitative estimate of drug-likeness (QED) is 0.476. The van der Waals surface area contributed by atoms with Gasteiger partial charge in [0.05, 0.1) is 24.2 Å². The number of likely N-dealkylation sites (tertiary alicyclic amines) is 1. The van der Waals surface area contributed by atoms with E-state index in [1.807, 2.05) is 19.3 Å². The Kier molecular flexibility index (Phi) is 5.21. The summed E-state index contributed by atoms with van der Waals surface area (Å²) in [4.78, 5) is 27.6. The lowest BCUT2D eigenvalue weighted by Gasteiger charge is -2.08. The van der Waals surface area contributed by atoms with Crippen molar-refractivity contribution >= 4 is 17.7 Å². The second-order valence-corrected chi connectivity index (χ2v) is 7.76. The topological polar surface area (TPSA) is 124 Å². The molecule has 5 rings (SSSR count). The highest BCUT2D eigenvalue weighted by Gasteiger charge is 2.33. The molecule has 1 N–H and O–H groups in total. The number of aromatic nitrogens is 6. The van der Waals surface area contributed by atoms with Crippen molar-refractivity contribution in [2.24, 2.45) is 7.05 Å². The number of hydrogen-bond acceptors (Lipinski definition) is 9. The van der Waals surface area contributed by atoms with Gasteiger partial charge in [-0.2, -0.15) is 5.10 Å². The summed E-state index contributed by atoms with van der Waals surface area (Å²) in [6, 6.07) is 8.90. The molecule has 0 aromatic carbocycles. The highest BCUT2D eigenvalue weighted by molar-refractivity contribution is 5.85. The number of ether oxygens (including phenoxy) is 1. The van der Waals surface area contributed by atoms with Crippen molar-refractivity contribution in [2.75, 3.05) is 26.0 Å². The Balaban J connectivity index is 1.46. The third kappa shape index (κ3) is 4.12. The van der Waals surface area contributed by atoms with Crippen molar-refractivity contribution in [3.63, 3.8) is 0 Å². The molecule has 1 atom stereocenters. The Bertz CT molecular complexity index is 1310. The first kappa shape index (κ1) is 20.6. The molecule has 1 saturated heterocycles. The summed E-state index contributed by atoms with van der Waals surface area (Å²) in [6.45, 7) is 0.698. The van der Waals surface area contributed by atoms with Gasteiger partial charge in [-0.25, -0.2) is 15.0 Å². The van der Waals surface area contributed by atoms with Gasteiger partial charge in [-0.15, -0.1) is 0 Å². The van der Waals surface area contributed by atoms with Crippen LogP contribution in [0.5, 0.6) is 5.75 Å². The van der Waals surface area contributed by atoms with Crippen LogP contribution in [0.15, 0.2) is 47.2 Å². The zero-order valence-corrected chi connectivity index (χ0v) is 18.4. The van der Waals surface area contributed by atoms with Crippen molar-refractivity contribution in [1.29, 1.82) is 0 Å². The van der Waals surface area contributed by atoms with Crippen molar-refractivity contribution in [1.82, 2.24) is 34.8 Å². The average molecular weight is 446 g/mol. The number of nitrogens with one attached hydrogen (secondary N) is 1. The van der Waals surface area contributed by atoms with Crippen LogP contribution in [0.2, 0.25) is 0 Å². The summed E-state index contributed by atoms with van der Waals surface area (Å²) in [5.74, 6) is 1.87. The minimum absolute atomic E-state index is 0.0333. The number of anilines is 2. The van der Waals surface area contributed by atoms with E-state index in [1.54, 1.807) is 54.2 Å². The third-order valence-corrected chi connectivity index (χ3v) is 5.47. The van der Waals surface area contributed by atoms with Crippen molar-refractivity contribution in [2.45, 2.75) is 12.3 Å². The first-order chi connectivity index (χ1) is 16.0. The Morgan fingerprint density at radius 2 is 1.91 bits per heavy atom. The number of rotatable bonds is 6. The summed E-state index contributed by atoms with van der Waals surface area (Å²) in [5.41, 5.74) is 2.25. The van der Waals surface area contributed by atoms with E-state index in [-0.39, 0.29) is 11.8 Å². The van der Waals surface area contributed by atoms with Gasteiger partial charge >= 0.3 is 0 Å². The lowest BCUT2D eigenvalue weighted by Crippen LogP contribution is -2.21. The molecule has 0 radical (unpaired) electrons. The molecule has 11 nitrogen and oxygen atoms in total. The van der Waals surface area contributed by atoms with E-state index in [0.717, 1.165) is 0 Å². The maximum absolute atomic E-state index is 12.3. The highest BCUT2D eigenvalue weighted by atomic mass is 16.5. The monoisotopic (exact) mass is 446 g/mol. The van der Waals surface area contributed by atoms with Crippen LogP contribution < -0.4 is 10.1 Å². The Morgan fingerprint density at radius 1 is 1.09 bits per heavy atom. The first-order valence-corrected chi connectivity index (χ1v) is 10.4. The van der Waals surface area contributed by atoms with Gasteiger partial charge in [0.25, 0.3) is 0 Å². The normalized spacial score (nSPS) is 15.8. The molecule has 0 spiro atoms. The fourth-order valence-corrected chi connectivity index (χ4v) is 3.70. The maximum atomic E-state index is 12.3. The average Bonchev–Trinajstić information content (AvgIpc) is 3.55. The van der Waals surface area contributed by atoms with Gasteiger partial charge in [-0.3, -0.25) is 9.48 Å². The van der Waals surface area contributed by atoms with E-state index >= 15 is 0 Å². The molecule has 0 unspecified atom stereocenters. The largest absolute Gasteiger partial charge is 0.497 e. The van der Waals surface area contributed by atoms with Gasteiger partial charge in [0.1, 0.15) is 23.1 Å². The Hall–Kier alpha value is -4.28. The predicted octanol–water partition coefficient (Wildman–Crippen LogP) is 2.63. The van der Waals surface area contributed by atoms with Crippen LogP contribution >= 0.6 is 0 Å². The first-order valence-electron chi connectivity index (χ1n) is 10.4. The molecule has 11 heteroatoms.